The quantitative estimate of drug-likeness (QED) is 0.660. The minimum atomic E-state index is -1.09. The molecule has 0 spiro atoms. The number of rotatable bonds is 6. The van der Waals surface area contributed by atoms with E-state index >= 15 is 0 Å². The van der Waals surface area contributed by atoms with Crippen molar-refractivity contribution >= 4 is 17.8 Å². The fraction of sp³-hybridized carbons (Fsp3) is 0.769. The molecular formula is C13H22N2O4. The summed E-state index contributed by atoms with van der Waals surface area (Å²) in [5.41, 5.74) is 0. The van der Waals surface area contributed by atoms with Crippen molar-refractivity contribution in [1.29, 1.82) is 0 Å². The Balaban J connectivity index is 2.20. The van der Waals surface area contributed by atoms with Crippen LogP contribution >= 0.6 is 0 Å². The van der Waals surface area contributed by atoms with Crippen molar-refractivity contribution in [2.45, 2.75) is 51.5 Å². The topological polar surface area (TPSA) is 95.5 Å². The monoisotopic (exact) mass is 270 g/mol. The Kier molecular flexibility index (Phi) is 6.32. The van der Waals surface area contributed by atoms with Gasteiger partial charge in [0, 0.05) is 18.9 Å². The summed E-state index contributed by atoms with van der Waals surface area (Å²) in [5.74, 6) is -1.15. The molecule has 1 saturated carbocycles. The number of carbonyl (C=O) groups excluding carboxylic acids is 2. The second-order valence-corrected chi connectivity index (χ2v) is 5.11. The summed E-state index contributed by atoms with van der Waals surface area (Å²) in [6.45, 7) is 1.73. The summed E-state index contributed by atoms with van der Waals surface area (Å²) in [6.07, 6.45) is 4.61. The Labute approximate surface area is 112 Å². The number of aliphatic carboxylic acids is 1. The average Bonchev–Trinajstić information content (AvgIpc) is 2.36. The lowest BCUT2D eigenvalue weighted by Gasteiger charge is -2.29. The molecule has 0 aromatic heterocycles. The van der Waals surface area contributed by atoms with Gasteiger partial charge in [0.1, 0.15) is 6.54 Å². The predicted molar refractivity (Wildman–Crippen MR) is 69.4 cm³/mol. The number of hydrogen-bond acceptors (Lipinski definition) is 3. The molecule has 1 aliphatic carbocycles. The van der Waals surface area contributed by atoms with Crippen molar-refractivity contribution in [3.63, 3.8) is 0 Å². The second kappa shape index (κ2) is 7.76. The molecule has 1 rings (SSSR count). The van der Waals surface area contributed by atoms with Crippen LogP contribution in [0.15, 0.2) is 0 Å². The second-order valence-electron chi connectivity index (χ2n) is 5.11. The van der Waals surface area contributed by atoms with E-state index in [0.717, 1.165) is 19.3 Å². The first-order chi connectivity index (χ1) is 8.99. The van der Waals surface area contributed by atoms with E-state index in [1.54, 1.807) is 0 Å². The highest BCUT2D eigenvalue weighted by Crippen LogP contribution is 2.23. The van der Waals surface area contributed by atoms with E-state index < -0.39 is 18.4 Å². The van der Waals surface area contributed by atoms with Crippen LogP contribution in [0, 0.1) is 5.92 Å². The minimum Gasteiger partial charge on any atom is -0.480 e. The van der Waals surface area contributed by atoms with E-state index in [2.05, 4.69) is 17.6 Å². The number of nitrogens with one attached hydrogen (secondary N) is 2. The highest BCUT2D eigenvalue weighted by Gasteiger charge is 2.22. The van der Waals surface area contributed by atoms with Crippen LogP contribution in [0.3, 0.4) is 0 Å². The van der Waals surface area contributed by atoms with E-state index in [4.69, 9.17) is 5.11 Å². The van der Waals surface area contributed by atoms with Crippen LogP contribution < -0.4 is 10.6 Å². The molecule has 6 heteroatoms. The fourth-order valence-electron chi connectivity index (χ4n) is 2.30. The van der Waals surface area contributed by atoms with Crippen molar-refractivity contribution in [2.24, 2.45) is 5.92 Å². The SMILES string of the molecule is CC1CCCCC1NC(=O)CCC(=O)NCC(=O)O. The Morgan fingerprint density at radius 2 is 1.74 bits per heavy atom. The number of carbonyl (C=O) groups is 3. The maximum atomic E-state index is 11.7. The van der Waals surface area contributed by atoms with Gasteiger partial charge in [-0.15, -0.1) is 0 Å². The molecule has 0 bridgehead atoms. The molecule has 0 aromatic rings. The van der Waals surface area contributed by atoms with Gasteiger partial charge in [0.05, 0.1) is 0 Å². The molecule has 0 heterocycles. The van der Waals surface area contributed by atoms with Gasteiger partial charge in [0.15, 0.2) is 0 Å². The van der Waals surface area contributed by atoms with Gasteiger partial charge in [-0.2, -0.15) is 0 Å². The average molecular weight is 270 g/mol. The molecule has 2 atom stereocenters. The van der Waals surface area contributed by atoms with Gasteiger partial charge >= 0.3 is 5.97 Å². The van der Waals surface area contributed by atoms with Crippen LogP contribution in [0.2, 0.25) is 0 Å². The zero-order valence-electron chi connectivity index (χ0n) is 11.3. The molecular weight excluding hydrogens is 248 g/mol. The summed E-state index contributed by atoms with van der Waals surface area (Å²) < 4.78 is 0. The van der Waals surface area contributed by atoms with Crippen LogP contribution in [-0.4, -0.2) is 35.5 Å². The third-order valence-electron chi connectivity index (χ3n) is 3.47. The largest absolute Gasteiger partial charge is 0.480 e. The maximum Gasteiger partial charge on any atom is 0.322 e. The Morgan fingerprint density at radius 1 is 1.11 bits per heavy atom. The first-order valence-electron chi connectivity index (χ1n) is 6.77. The molecule has 0 saturated heterocycles. The molecule has 0 aromatic carbocycles. The van der Waals surface area contributed by atoms with E-state index in [0.29, 0.717) is 5.92 Å². The van der Waals surface area contributed by atoms with E-state index in [9.17, 15) is 14.4 Å². The van der Waals surface area contributed by atoms with E-state index in [1.165, 1.54) is 6.42 Å². The Bertz CT molecular complexity index is 344. The van der Waals surface area contributed by atoms with Gasteiger partial charge in [0.2, 0.25) is 11.8 Å². The normalized spacial score (nSPS) is 22.6. The summed E-state index contributed by atoms with van der Waals surface area (Å²) in [5, 5.41) is 13.6. The van der Waals surface area contributed by atoms with Gasteiger partial charge in [-0.1, -0.05) is 19.8 Å². The number of hydrogen-bond donors (Lipinski definition) is 3. The first-order valence-corrected chi connectivity index (χ1v) is 6.77. The highest BCUT2D eigenvalue weighted by atomic mass is 16.4. The lowest BCUT2D eigenvalue weighted by Crippen LogP contribution is -2.41. The third-order valence-corrected chi connectivity index (χ3v) is 3.47. The first kappa shape index (κ1) is 15.5. The smallest absolute Gasteiger partial charge is 0.322 e. The maximum absolute atomic E-state index is 11.7. The van der Waals surface area contributed by atoms with Gasteiger partial charge in [0.25, 0.3) is 0 Å². The molecule has 0 radical (unpaired) electrons. The molecule has 3 N–H and O–H groups in total. The third kappa shape index (κ3) is 6.22. The van der Waals surface area contributed by atoms with Crippen LogP contribution in [-0.2, 0) is 14.4 Å². The van der Waals surface area contributed by atoms with Crippen molar-refractivity contribution in [1.82, 2.24) is 10.6 Å². The molecule has 1 fully saturated rings. The lowest BCUT2D eigenvalue weighted by atomic mass is 9.86. The Morgan fingerprint density at radius 3 is 2.37 bits per heavy atom. The van der Waals surface area contributed by atoms with Crippen molar-refractivity contribution < 1.29 is 19.5 Å². The van der Waals surface area contributed by atoms with Crippen LogP contribution in [0.5, 0.6) is 0 Å². The van der Waals surface area contributed by atoms with Crippen LogP contribution in [0.25, 0.3) is 0 Å². The standard InChI is InChI=1S/C13H22N2O4/c1-9-4-2-3-5-10(9)15-12(17)7-6-11(16)14-8-13(18)19/h9-10H,2-8H2,1H3,(H,14,16)(H,15,17)(H,18,19). The zero-order chi connectivity index (χ0) is 14.3. The summed E-state index contributed by atoms with van der Waals surface area (Å²) in [4.78, 5) is 33.2. The highest BCUT2D eigenvalue weighted by molar-refractivity contribution is 5.85. The molecule has 2 unspecified atom stereocenters. The fourth-order valence-corrected chi connectivity index (χ4v) is 2.30. The molecule has 6 nitrogen and oxygen atoms in total. The number of carboxylic acid groups (broad SMARTS) is 1. The molecule has 108 valence electrons. The van der Waals surface area contributed by atoms with Gasteiger partial charge in [-0.3, -0.25) is 14.4 Å². The molecule has 19 heavy (non-hydrogen) atoms. The van der Waals surface area contributed by atoms with E-state index in [-0.39, 0.29) is 24.8 Å². The van der Waals surface area contributed by atoms with Crippen molar-refractivity contribution in [2.75, 3.05) is 6.54 Å². The van der Waals surface area contributed by atoms with Crippen molar-refractivity contribution in [3.8, 4) is 0 Å². The van der Waals surface area contributed by atoms with Crippen molar-refractivity contribution in [3.05, 3.63) is 0 Å². The summed E-state index contributed by atoms with van der Waals surface area (Å²) in [6, 6.07) is 0.211. The van der Waals surface area contributed by atoms with Gasteiger partial charge in [-0.25, -0.2) is 0 Å². The van der Waals surface area contributed by atoms with Crippen LogP contribution in [0.4, 0.5) is 0 Å². The molecule has 2 amide bonds. The summed E-state index contributed by atoms with van der Waals surface area (Å²) in [7, 11) is 0. The molecule has 0 aliphatic heterocycles. The number of carboxylic acids is 1. The minimum absolute atomic E-state index is 0.0280. The predicted octanol–water partition coefficient (Wildman–Crippen LogP) is 0.662. The zero-order valence-corrected chi connectivity index (χ0v) is 11.3. The lowest BCUT2D eigenvalue weighted by molar-refractivity contribution is -0.138. The van der Waals surface area contributed by atoms with Gasteiger partial charge in [-0.05, 0) is 18.8 Å². The van der Waals surface area contributed by atoms with E-state index in [1.807, 2.05) is 0 Å². The van der Waals surface area contributed by atoms with Gasteiger partial charge < -0.3 is 15.7 Å². The summed E-state index contributed by atoms with van der Waals surface area (Å²) >= 11 is 0. The number of amides is 2. The molecule has 1 aliphatic rings. The Hall–Kier alpha value is -1.59. The van der Waals surface area contributed by atoms with Crippen LogP contribution in [0.1, 0.15) is 45.4 Å².